The van der Waals surface area contributed by atoms with Crippen LogP contribution in [0.5, 0.6) is 0 Å². The third-order valence-corrected chi connectivity index (χ3v) is 2.18. The number of esters is 1. The molecule has 0 amide bonds. The minimum absolute atomic E-state index is 0.232. The lowest BCUT2D eigenvalue weighted by atomic mass is 10.3. The number of aromatic nitrogens is 1. The maximum atomic E-state index is 11.3. The van der Waals surface area contributed by atoms with Gasteiger partial charge in [0, 0.05) is 6.07 Å². The van der Waals surface area contributed by atoms with Gasteiger partial charge in [-0.05, 0) is 6.42 Å². The van der Waals surface area contributed by atoms with Gasteiger partial charge in [0.15, 0.2) is 5.69 Å². The van der Waals surface area contributed by atoms with Gasteiger partial charge in [-0.3, -0.25) is 0 Å². The number of alkyl halides is 1. The summed E-state index contributed by atoms with van der Waals surface area (Å²) in [4.78, 5) is 11.3. The van der Waals surface area contributed by atoms with Crippen molar-refractivity contribution in [3.8, 4) is 0 Å². The minimum Gasteiger partial charge on any atom is -0.461 e. The van der Waals surface area contributed by atoms with Crippen molar-refractivity contribution in [3.05, 3.63) is 17.5 Å². The number of carbonyl (C=O) groups excluding carboxylic acids is 1. The molecule has 0 N–H and O–H groups in total. The van der Waals surface area contributed by atoms with Crippen LogP contribution >= 0.6 is 15.9 Å². The summed E-state index contributed by atoms with van der Waals surface area (Å²) in [5, 5.41) is 4.13. The summed E-state index contributed by atoms with van der Waals surface area (Å²) in [7, 11) is 0. The first-order valence-corrected chi connectivity index (χ1v) is 5.58. The molecule has 1 aromatic rings. The van der Waals surface area contributed by atoms with Crippen molar-refractivity contribution in [1.29, 1.82) is 0 Å². The van der Waals surface area contributed by atoms with E-state index in [4.69, 9.17) is 9.26 Å². The van der Waals surface area contributed by atoms with E-state index in [1.54, 1.807) is 6.07 Å². The number of hydrogen-bond acceptors (Lipinski definition) is 4. The zero-order chi connectivity index (χ0) is 10.4. The molecule has 0 aliphatic heterocycles. The second-order valence-corrected chi connectivity index (χ2v) is 3.36. The molecule has 0 bridgehead atoms. The van der Waals surface area contributed by atoms with Gasteiger partial charge in [-0.1, -0.05) is 34.4 Å². The molecule has 0 aliphatic rings. The van der Waals surface area contributed by atoms with Gasteiger partial charge in [0.1, 0.15) is 5.76 Å². The molecule has 0 fully saturated rings. The number of halogens is 1. The first kappa shape index (κ1) is 11.2. The molecule has 0 aromatic carbocycles. The summed E-state index contributed by atoms with van der Waals surface area (Å²) in [6, 6.07) is 1.57. The molecule has 0 saturated carbocycles. The van der Waals surface area contributed by atoms with Gasteiger partial charge in [-0.25, -0.2) is 4.79 Å². The summed E-state index contributed by atoms with van der Waals surface area (Å²) in [6.07, 6.45) is 1.87. The van der Waals surface area contributed by atoms with Gasteiger partial charge in [0.2, 0.25) is 0 Å². The molecule has 0 radical (unpaired) electrons. The molecule has 0 spiro atoms. The first-order valence-electron chi connectivity index (χ1n) is 4.46. The molecule has 14 heavy (non-hydrogen) atoms. The molecule has 5 heteroatoms. The quantitative estimate of drug-likeness (QED) is 0.465. The molecular formula is C9H12BrNO3. The summed E-state index contributed by atoms with van der Waals surface area (Å²) >= 11 is 3.20. The van der Waals surface area contributed by atoms with Crippen molar-refractivity contribution in [2.24, 2.45) is 0 Å². The third-order valence-electron chi connectivity index (χ3n) is 1.63. The topological polar surface area (TPSA) is 52.3 Å². The van der Waals surface area contributed by atoms with Crippen molar-refractivity contribution in [2.75, 3.05) is 6.61 Å². The van der Waals surface area contributed by atoms with Crippen LogP contribution in [0.25, 0.3) is 0 Å². The average molecular weight is 262 g/mol. The lowest BCUT2D eigenvalue weighted by Gasteiger charge is -1.99. The normalized spacial score (nSPS) is 10.1. The van der Waals surface area contributed by atoms with Crippen LogP contribution in [-0.4, -0.2) is 17.7 Å². The molecule has 0 unspecified atom stereocenters. The highest BCUT2D eigenvalue weighted by Gasteiger charge is 2.12. The van der Waals surface area contributed by atoms with Gasteiger partial charge in [0.05, 0.1) is 11.9 Å². The molecule has 1 aromatic heterocycles. The Labute approximate surface area is 90.7 Å². The smallest absolute Gasteiger partial charge is 0.360 e. The van der Waals surface area contributed by atoms with Crippen LogP contribution in [0.1, 0.15) is 36.0 Å². The van der Waals surface area contributed by atoms with E-state index in [9.17, 15) is 4.79 Å². The van der Waals surface area contributed by atoms with E-state index >= 15 is 0 Å². The van der Waals surface area contributed by atoms with E-state index in [2.05, 4.69) is 21.1 Å². The van der Waals surface area contributed by atoms with E-state index in [1.165, 1.54) is 0 Å². The van der Waals surface area contributed by atoms with E-state index in [0.717, 1.165) is 12.8 Å². The molecule has 78 valence electrons. The van der Waals surface area contributed by atoms with Crippen LogP contribution in [0.2, 0.25) is 0 Å². The molecular weight excluding hydrogens is 250 g/mol. The second-order valence-electron chi connectivity index (χ2n) is 2.80. The molecule has 0 saturated heterocycles. The highest BCUT2D eigenvalue weighted by Crippen LogP contribution is 2.08. The Hall–Kier alpha value is -0.840. The van der Waals surface area contributed by atoms with Crippen LogP contribution < -0.4 is 0 Å². The lowest BCUT2D eigenvalue weighted by Crippen LogP contribution is -2.06. The maximum absolute atomic E-state index is 11.3. The highest BCUT2D eigenvalue weighted by molar-refractivity contribution is 9.08. The van der Waals surface area contributed by atoms with Gasteiger partial charge < -0.3 is 9.26 Å². The van der Waals surface area contributed by atoms with E-state index in [1.807, 2.05) is 6.92 Å². The van der Waals surface area contributed by atoms with Gasteiger partial charge in [-0.2, -0.15) is 0 Å². The Morgan fingerprint density at radius 2 is 2.50 bits per heavy atom. The summed E-state index contributed by atoms with van der Waals surface area (Å²) in [5.74, 6) is 0.196. The zero-order valence-electron chi connectivity index (χ0n) is 7.96. The van der Waals surface area contributed by atoms with Crippen LogP contribution in [0.3, 0.4) is 0 Å². The van der Waals surface area contributed by atoms with Crippen LogP contribution in [0.4, 0.5) is 0 Å². The summed E-state index contributed by atoms with van der Waals surface area (Å²) in [5.41, 5.74) is 0.232. The first-order chi connectivity index (χ1) is 6.77. The Bertz CT molecular complexity index is 298. The van der Waals surface area contributed by atoms with E-state index in [0.29, 0.717) is 17.7 Å². The van der Waals surface area contributed by atoms with Crippen LogP contribution in [0.15, 0.2) is 10.6 Å². The standard InChI is InChI=1S/C9H12BrNO3/c1-2-3-4-13-9(12)8-5-7(6-10)14-11-8/h5H,2-4,6H2,1H3. The highest BCUT2D eigenvalue weighted by atomic mass is 79.9. The van der Waals surface area contributed by atoms with Crippen LogP contribution in [-0.2, 0) is 10.1 Å². The summed E-state index contributed by atoms with van der Waals surface area (Å²) < 4.78 is 9.79. The van der Waals surface area contributed by atoms with Gasteiger partial charge in [0.25, 0.3) is 0 Å². The Balaban J connectivity index is 2.44. The number of nitrogens with zero attached hydrogens (tertiary/aromatic N) is 1. The lowest BCUT2D eigenvalue weighted by molar-refractivity contribution is 0.0488. The average Bonchev–Trinajstić information content (AvgIpc) is 2.66. The van der Waals surface area contributed by atoms with E-state index in [-0.39, 0.29) is 5.69 Å². The fourth-order valence-electron chi connectivity index (χ4n) is 0.855. The van der Waals surface area contributed by atoms with Crippen molar-refractivity contribution in [3.63, 3.8) is 0 Å². The molecule has 0 aliphatic carbocycles. The Kier molecular flexibility index (Phi) is 4.65. The third kappa shape index (κ3) is 3.14. The van der Waals surface area contributed by atoms with Crippen molar-refractivity contribution < 1.29 is 14.1 Å². The number of rotatable bonds is 5. The largest absolute Gasteiger partial charge is 0.461 e. The van der Waals surface area contributed by atoms with E-state index < -0.39 is 5.97 Å². The number of unbranched alkanes of at least 4 members (excludes halogenated alkanes) is 1. The Morgan fingerprint density at radius 3 is 3.07 bits per heavy atom. The maximum Gasteiger partial charge on any atom is 0.360 e. The molecule has 0 atom stereocenters. The van der Waals surface area contributed by atoms with Gasteiger partial charge in [-0.15, -0.1) is 0 Å². The molecule has 1 heterocycles. The minimum atomic E-state index is -0.422. The monoisotopic (exact) mass is 261 g/mol. The summed E-state index contributed by atoms with van der Waals surface area (Å²) in [6.45, 7) is 2.47. The van der Waals surface area contributed by atoms with Crippen molar-refractivity contribution in [1.82, 2.24) is 5.16 Å². The number of hydrogen-bond donors (Lipinski definition) is 0. The predicted octanol–water partition coefficient (Wildman–Crippen LogP) is 2.53. The fourth-order valence-corrected chi connectivity index (χ4v) is 1.12. The number of carbonyl (C=O) groups is 1. The second kappa shape index (κ2) is 5.80. The fraction of sp³-hybridized carbons (Fsp3) is 0.556. The van der Waals surface area contributed by atoms with Crippen molar-refractivity contribution >= 4 is 21.9 Å². The molecule has 1 rings (SSSR count). The molecule has 4 nitrogen and oxygen atoms in total. The predicted molar refractivity (Wildman–Crippen MR) is 54.3 cm³/mol. The van der Waals surface area contributed by atoms with Crippen molar-refractivity contribution in [2.45, 2.75) is 25.1 Å². The zero-order valence-corrected chi connectivity index (χ0v) is 9.54. The van der Waals surface area contributed by atoms with Gasteiger partial charge >= 0.3 is 5.97 Å². The van der Waals surface area contributed by atoms with Crippen LogP contribution in [0, 0.1) is 0 Å². The SMILES string of the molecule is CCCCOC(=O)c1cc(CBr)on1. The Morgan fingerprint density at radius 1 is 1.71 bits per heavy atom. The number of ether oxygens (including phenoxy) is 1.